The van der Waals surface area contributed by atoms with Gasteiger partial charge in [-0.05, 0) is 13.8 Å². The molecular formula is C7H11NO. The Morgan fingerprint density at radius 1 is 1.56 bits per heavy atom. The summed E-state index contributed by atoms with van der Waals surface area (Å²) in [4.78, 5) is 10.3. The highest BCUT2D eigenvalue weighted by Crippen LogP contribution is 1.96. The number of rotatable bonds is 2. The Morgan fingerprint density at radius 2 is 2.00 bits per heavy atom. The van der Waals surface area contributed by atoms with Crippen LogP contribution in [0.3, 0.4) is 0 Å². The quantitative estimate of drug-likeness (QED) is 0.434. The molecular weight excluding hydrogens is 114 g/mol. The number of amides is 1. The first-order valence-electron chi connectivity index (χ1n) is 2.67. The van der Waals surface area contributed by atoms with Crippen molar-refractivity contribution in [1.82, 2.24) is 0 Å². The molecule has 0 aromatic carbocycles. The third kappa shape index (κ3) is 3.53. The van der Waals surface area contributed by atoms with E-state index >= 15 is 0 Å². The van der Waals surface area contributed by atoms with Gasteiger partial charge in [0.25, 0.3) is 0 Å². The summed E-state index contributed by atoms with van der Waals surface area (Å²) in [7, 11) is 0. The van der Waals surface area contributed by atoms with Crippen LogP contribution in [-0.4, -0.2) is 5.91 Å². The second-order valence-electron chi connectivity index (χ2n) is 2.04. The lowest BCUT2D eigenvalue weighted by molar-refractivity contribution is -0.114. The molecule has 0 rings (SSSR count). The van der Waals surface area contributed by atoms with Gasteiger partial charge in [0, 0.05) is 5.57 Å². The molecule has 9 heavy (non-hydrogen) atoms. The molecule has 0 atom stereocenters. The summed E-state index contributed by atoms with van der Waals surface area (Å²) in [5.74, 6) is -0.391. The standard InChI is InChI=1S/C7H11NO/c1-5(2)4-6(3)7(8)9/h4H,1H2,2-3H3,(H2,8,9)/b6-4+. The van der Waals surface area contributed by atoms with Crippen LogP contribution in [0.1, 0.15) is 13.8 Å². The fourth-order valence-electron chi connectivity index (χ4n) is 0.441. The number of carbonyl (C=O) groups is 1. The molecule has 0 spiro atoms. The minimum Gasteiger partial charge on any atom is -0.366 e. The predicted octanol–water partition coefficient (Wildman–Crippen LogP) is 0.994. The Hall–Kier alpha value is -1.05. The lowest BCUT2D eigenvalue weighted by Crippen LogP contribution is -2.11. The van der Waals surface area contributed by atoms with Crippen molar-refractivity contribution in [3.8, 4) is 0 Å². The highest BCUT2D eigenvalue weighted by Gasteiger charge is 1.93. The van der Waals surface area contributed by atoms with Crippen LogP contribution in [0, 0.1) is 0 Å². The van der Waals surface area contributed by atoms with Crippen LogP contribution in [0.25, 0.3) is 0 Å². The molecule has 0 aliphatic carbocycles. The van der Waals surface area contributed by atoms with Crippen LogP contribution in [0.5, 0.6) is 0 Å². The van der Waals surface area contributed by atoms with Gasteiger partial charge in [-0.1, -0.05) is 18.2 Å². The van der Waals surface area contributed by atoms with Crippen LogP contribution < -0.4 is 5.73 Å². The third-order valence-electron chi connectivity index (χ3n) is 0.852. The van der Waals surface area contributed by atoms with Gasteiger partial charge in [0.05, 0.1) is 0 Å². The topological polar surface area (TPSA) is 43.1 Å². The SMILES string of the molecule is C=C(C)/C=C(\C)C(N)=O. The van der Waals surface area contributed by atoms with Crippen molar-refractivity contribution < 1.29 is 4.79 Å². The maximum Gasteiger partial charge on any atom is 0.244 e. The van der Waals surface area contributed by atoms with E-state index in [0.717, 1.165) is 5.57 Å². The summed E-state index contributed by atoms with van der Waals surface area (Å²) < 4.78 is 0. The molecule has 0 heterocycles. The van der Waals surface area contributed by atoms with Gasteiger partial charge in [-0.25, -0.2) is 0 Å². The number of hydrogen-bond donors (Lipinski definition) is 1. The zero-order chi connectivity index (χ0) is 7.44. The highest BCUT2D eigenvalue weighted by molar-refractivity contribution is 5.91. The molecule has 50 valence electrons. The average molecular weight is 125 g/mol. The largest absolute Gasteiger partial charge is 0.366 e. The molecule has 1 amide bonds. The first-order valence-corrected chi connectivity index (χ1v) is 2.67. The minimum atomic E-state index is -0.391. The van der Waals surface area contributed by atoms with Crippen molar-refractivity contribution >= 4 is 5.91 Å². The molecule has 0 aromatic rings. The summed E-state index contributed by atoms with van der Waals surface area (Å²) in [5, 5.41) is 0. The Labute approximate surface area is 55.1 Å². The van der Waals surface area contributed by atoms with Crippen molar-refractivity contribution in [2.75, 3.05) is 0 Å². The van der Waals surface area contributed by atoms with Gasteiger partial charge in [-0.2, -0.15) is 0 Å². The lowest BCUT2D eigenvalue weighted by atomic mass is 10.2. The Bertz CT molecular complexity index is 168. The van der Waals surface area contributed by atoms with Gasteiger partial charge in [0.1, 0.15) is 0 Å². The van der Waals surface area contributed by atoms with Crippen LogP contribution in [0.4, 0.5) is 0 Å². The number of nitrogens with two attached hydrogens (primary N) is 1. The van der Waals surface area contributed by atoms with E-state index in [2.05, 4.69) is 6.58 Å². The normalized spacial score (nSPS) is 11.1. The zero-order valence-corrected chi connectivity index (χ0v) is 5.77. The highest BCUT2D eigenvalue weighted by atomic mass is 16.1. The van der Waals surface area contributed by atoms with Gasteiger partial charge in [-0.15, -0.1) is 0 Å². The minimum absolute atomic E-state index is 0.391. The first kappa shape index (κ1) is 7.95. The van der Waals surface area contributed by atoms with Crippen LogP contribution in [-0.2, 0) is 4.79 Å². The van der Waals surface area contributed by atoms with E-state index in [1.807, 2.05) is 6.92 Å². The average Bonchev–Trinajstić information content (AvgIpc) is 1.63. The Balaban J connectivity index is 4.17. The molecule has 0 fully saturated rings. The van der Waals surface area contributed by atoms with Crippen molar-refractivity contribution in [1.29, 1.82) is 0 Å². The van der Waals surface area contributed by atoms with E-state index in [1.165, 1.54) is 0 Å². The second-order valence-corrected chi connectivity index (χ2v) is 2.04. The summed E-state index contributed by atoms with van der Waals surface area (Å²) in [6.07, 6.45) is 1.66. The van der Waals surface area contributed by atoms with Crippen molar-refractivity contribution in [3.63, 3.8) is 0 Å². The second kappa shape index (κ2) is 3.07. The van der Waals surface area contributed by atoms with Gasteiger partial charge in [0.2, 0.25) is 5.91 Å². The molecule has 0 saturated carbocycles. The van der Waals surface area contributed by atoms with Gasteiger partial charge in [0.15, 0.2) is 0 Å². The smallest absolute Gasteiger partial charge is 0.244 e. The molecule has 0 bridgehead atoms. The molecule has 2 N–H and O–H groups in total. The fourth-order valence-corrected chi connectivity index (χ4v) is 0.441. The van der Waals surface area contributed by atoms with Crippen LogP contribution in [0.2, 0.25) is 0 Å². The van der Waals surface area contributed by atoms with E-state index in [-0.39, 0.29) is 0 Å². The number of primary amides is 1. The molecule has 0 saturated heterocycles. The van der Waals surface area contributed by atoms with Gasteiger partial charge >= 0.3 is 0 Å². The van der Waals surface area contributed by atoms with Crippen LogP contribution >= 0.6 is 0 Å². The van der Waals surface area contributed by atoms with E-state index in [9.17, 15) is 4.79 Å². The lowest BCUT2D eigenvalue weighted by Gasteiger charge is -1.91. The van der Waals surface area contributed by atoms with E-state index < -0.39 is 5.91 Å². The zero-order valence-electron chi connectivity index (χ0n) is 5.77. The molecule has 2 nitrogen and oxygen atoms in total. The van der Waals surface area contributed by atoms with Crippen molar-refractivity contribution in [2.45, 2.75) is 13.8 Å². The van der Waals surface area contributed by atoms with Crippen molar-refractivity contribution in [3.05, 3.63) is 23.8 Å². The van der Waals surface area contributed by atoms with Gasteiger partial charge in [-0.3, -0.25) is 4.79 Å². The first-order chi connectivity index (χ1) is 4.04. The molecule has 0 unspecified atom stereocenters. The monoisotopic (exact) mass is 125 g/mol. The van der Waals surface area contributed by atoms with Crippen molar-refractivity contribution in [2.24, 2.45) is 5.73 Å². The number of allylic oxidation sites excluding steroid dienone is 2. The predicted molar refractivity (Wildman–Crippen MR) is 37.8 cm³/mol. The summed E-state index contributed by atoms with van der Waals surface area (Å²) in [5.41, 5.74) is 6.32. The molecule has 0 aliphatic heterocycles. The number of carbonyl (C=O) groups excluding carboxylic acids is 1. The molecule has 0 aromatic heterocycles. The molecule has 2 heteroatoms. The summed E-state index contributed by atoms with van der Waals surface area (Å²) >= 11 is 0. The Morgan fingerprint density at radius 3 is 2.11 bits per heavy atom. The van der Waals surface area contributed by atoms with E-state index in [4.69, 9.17) is 5.73 Å². The summed E-state index contributed by atoms with van der Waals surface area (Å²) in [6, 6.07) is 0. The van der Waals surface area contributed by atoms with E-state index in [0.29, 0.717) is 5.57 Å². The molecule has 0 aliphatic rings. The number of hydrogen-bond acceptors (Lipinski definition) is 1. The summed E-state index contributed by atoms with van der Waals surface area (Å²) in [6.45, 7) is 7.07. The molecule has 0 radical (unpaired) electrons. The maximum atomic E-state index is 10.3. The van der Waals surface area contributed by atoms with Crippen LogP contribution in [0.15, 0.2) is 23.8 Å². The fraction of sp³-hybridized carbons (Fsp3) is 0.286. The van der Waals surface area contributed by atoms with Gasteiger partial charge < -0.3 is 5.73 Å². The Kier molecular flexibility index (Phi) is 2.71. The maximum absolute atomic E-state index is 10.3. The third-order valence-corrected chi connectivity index (χ3v) is 0.852. The van der Waals surface area contributed by atoms with E-state index in [1.54, 1.807) is 13.0 Å².